The van der Waals surface area contributed by atoms with Crippen LogP contribution in [0.25, 0.3) is 5.69 Å². The number of benzene rings is 2. The SMILES string of the molecule is Cc1cccc(C)c1C(=O)c1c(C)[nH]n(-c2c(F)c(F)c(C(F)(F)F)c(F)c2F)c1=O. The summed E-state index contributed by atoms with van der Waals surface area (Å²) in [6.45, 7) is 4.35. The van der Waals surface area contributed by atoms with Crippen molar-refractivity contribution in [1.82, 2.24) is 9.78 Å². The van der Waals surface area contributed by atoms with E-state index in [9.17, 15) is 40.3 Å². The maximum absolute atomic E-state index is 14.3. The number of aromatic nitrogens is 2. The van der Waals surface area contributed by atoms with Crippen LogP contribution in [-0.4, -0.2) is 15.6 Å². The second kappa shape index (κ2) is 7.40. The highest BCUT2D eigenvalue weighted by Crippen LogP contribution is 2.37. The normalized spacial score (nSPS) is 11.8. The van der Waals surface area contributed by atoms with Crippen molar-refractivity contribution in [2.24, 2.45) is 0 Å². The molecule has 0 bridgehead atoms. The summed E-state index contributed by atoms with van der Waals surface area (Å²) in [6, 6.07) is 4.82. The number of alkyl halides is 3. The van der Waals surface area contributed by atoms with Crippen LogP contribution in [0.15, 0.2) is 23.0 Å². The van der Waals surface area contributed by atoms with E-state index in [1.165, 1.54) is 6.92 Å². The van der Waals surface area contributed by atoms with Gasteiger partial charge in [0.2, 0.25) is 5.78 Å². The van der Waals surface area contributed by atoms with E-state index < -0.39 is 57.6 Å². The third-order valence-corrected chi connectivity index (χ3v) is 4.75. The Morgan fingerprint density at radius 2 is 1.35 bits per heavy atom. The Labute approximate surface area is 169 Å². The smallest absolute Gasteiger partial charge is 0.294 e. The number of rotatable bonds is 3. The lowest BCUT2D eigenvalue weighted by Crippen LogP contribution is -2.25. The van der Waals surface area contributed by atoms with Gasteiger partial charge in [0.15, 0.2) is 23.3 Å². The minimum Gasteiger partial charge on any atom is -0.294 e. The molecule has 31 heavy (non-hydrogen) atoms. The van der Waals surface area contributed by atoms with Gasteiger partial charge in [-0.3, -0.25) is 14.7 Å². The van der Waals surface area contributed by atoms with Crippen molar-refractivity contribution in [2.45, 2.75) is 26.9 Å². The zero-order valence-electron chi connectivity index (χ0n) is 16.1. The van der Waals surface area contributed by atoms with E-state index in [2.05, 4.69) is 5.10 Å². The summed E-state index contributed by atoms with van der Waals surface area (Å²) in [5, 5.41) is 2.10. The molecule has 0 aliphatic heterocycles. The van der Waals surface area contributed by atoms with E-state index in [0.717, 1.165) is 0 Å². The molecule has 0 fully saturated rings. The van der Waals surface area contributed by atoms with E-state index in [0.29, 0.717) is 11.1 Å². The van der Waals surface area contributed by atoms with Crippen molar-refractivity contribution in [3.05, 3.63) is 85.3 Å². The first kappa shape index (κ1) is 22.3. The summed E-state index contributed by atoms with van der Waals surface area (Å²) in [7, 11) is 0. The van der Waals surface area contributed by atoms with Crippen LogP contribution in [0, 0.1) is 44.0 Å². The van der Waals surface area contributed by atoms with Gasteiger partial charge in [0.25, 0.3) is 5.56 Å². The van der Waals surface area contributed by atoms with Crippen LogP contribution in [0.5, 0.6) is 0 Å². The maximum Gasteiger partial charge on any atom is 0.422 e. The van der Waals surface area contributed by atoms with Gasteiger partial charge >= 0.3 is 6.18 Å². The molecule has 164 valence electrons. The van der Waals surface area contributed by atoms with Gasteiger partial charge in [-0.2, -0.15) is 13.2 Å². The summed E-state index contributed by atoms with van der Waals surface area (Å²) in [4.78, 5) is 25.7. The zero-order chi connectivity index (χ0) is 23.4. The molecule has 0 unspecified atom stereocenters. The van der Waals surface area contributed by atoms with Crippen molar-refractivity contribution in [3.63, 3.8) is 0 Å². The number of aromatic amines is 1. The predicted octanol–water partition coefficient (Wildman–Crippen LogP) is 4.90. The molecular formula is C20H13F7N2O2. The molecule has 0 amide bonds. The van der Waals surface area contributed by atoms with Crippen molar-refractivity contribution in [2.75, 3.05) is 0 Å². The number of hydrogen-bond donors (Lipinski definition) is 1. The Kier molecular flexibility index (Phi) is 5.33. The summed E-state index contributed by atoms with van der Waals surface area (Å²) >= 11 is 0. The number of hydrogen-bond acceptors (Lipinski definition) is 2. The largest absolute Gasteiger partial charge is 0.422 e. The third-order valence-electron chi connectivity index (χ3n) is 4.75. The highest BCUT2D eigenvalue weighted by molar-refractivity contribution is 6.11. The molecule has 4 nitrogen and oxygen atoms in total. The summed E-state index contributed by atoms with van der Waals surface area (Å²) in [5.74, 6) is -11.2. The average molecular weight is 446 g/mol. The molecule has 3 aromatic rings. The first-order valence-electron chi connectivity index (χ1n) is 8.65. The Hall–Kier alpha value is -3.37. The third kappa shape index (κ3) is 3.43. The Morgan fingerprint density at radius 1 is 0.871 bits per heavy atom. The molecule has 0 radical (unpaired) electrons. The van der Waals surface area contributed by atoms with Crippen molar-refractivity contribution < 1.29 is 35.5 Å². The fourth-order valence-electron chi connectivity index (χ4n) is 3.33. The molecule has 11 heteroatoms. The minimum atomic E-state index is -5.73. The van der Waals surface area contributed by atoms with Crippen molar-refractivity contribution >= 4 is 5.78 Å². The lowest BCUT2D eigenvalue weighted by Gasteiger charge is -2.14. The number of aryl methyl sites for hydroxylation is 3. The van der Waals surface area contributed by atoms with Gasteiger partial charge in [-0.25, -0.2) is 22.2 Å². The Morgan fingerprint density at radius 3 is 1.81 bits per heavy atom. The maximum atomic E-state index is 14.3. The second-order valence-electron chi connectivity index (χ2n) is 6.83. The average Bonchev–Trinajstić information content (AvgIpc) is 2.93. The number of carbonyl (C=O) groups excluding carboxylic acids is 1. The first-order chi connectivity index (χ1) is 14.3. The molecule has 3 rings (SSSR count). The molecule has 0 spiro atoms. The molecule has 1 heterocycles. The quantitative estimate of drug-likeness (QED) is 0.354. The van der Waals surface area contributed by atoms with E-state index in [4.69, 9.17) is 0 Å². The highest BCUT2D eigenvalue weighted by atomic mass is 19.4. The monoisotopic (exact) mass is 446 g/mol. The molecule has 0 aliphatic carbocycles. The second-order valence-corrected chi connectivity index (χ2v) is 6.83. The van der Waals surface area contributed by atoms with Crippen LogP contribution < -0.4 is 5.56 Å². The molecule has 0 saturated heterocycles. The summed E-state index contributed by atoms with van der Waals surface area (Å²) in [5.41, 5.74) is -5.60. The van der Waals surface area contributed by atoms with Crippen LogP contribution in [-0.2, 0) is 6.18 Å². The fraction of sp³-hybridized carbons (Fsp3) is 0.200. The first-order valence-corrected chi connectivity index (χ1v) is 8.65. The van der Waals surface area contributed by atoms with Crippen LogP contribution in [0.3, 0.4) is 0 Å². The standard InChI is InChI=1S/C20H13F7N2O2/c1-7-5-4-6-8(2)10(7)18(30)11-9(3)28-29(19(11)31)17-15(23)13(21)12(20(25,26)27)14(22)16(17)24/h4-6,28H,1-3H3. The minimum absolute atomic E-state index is 0.0346. The van der Waals surface area contributed by atoms with Crippen molar-refractivity contribution in [3.8, 4) is 5.69 Å². The van der Waals surface area contributed by atoms with Gasteiger partial charge < -0.3 is 0 Å². The number of nitrogens with one attached hydrogen (secondary N) is 1. The zero-order valence-corrected chi connectivity index (χ0v) is 16.1. The predicted molar refractivity (Wildman–Crippen MR) is 95.3 cm³/mol. The molecule has 2 aromatic carbocycles. The van der Waals surface area contributed by atoms with Gasteiger partial charge in [0, 0.05) is 11.3 Å². The topological polar surface area (TPSA) is 54.9 Å². The summed E-state index contributed by atoms with van der Waals surface area (Å²) < 4.78 is 94.9. The van der Waals surface area contributed by atoms with E-state index in [1.807, 2.05) is 0 Å². The van der Waals surface area contributed by atoms with Gasteiger partial charge in [-0.1, -0.05) is 18.2 Å². The number of nitrogens with zero attached hydrogens (tertiary/aromatic N) is 1. The van der Waals surface area contributed by atoms with Gasteiger partial charge in [-0.15, -0.1) is 0 Å². The molecule has 1 aromatic heterocycles. The molecule has 0 atom stereocenters. The van der Waals surface area contributed by atoms with E-state index >= 15 is 0 Å². The summed E-state index contributed by atoms with van der Waals surface area (Å²) in [6.07, 6.45) is -5.73. The van der Waals surface area contributed by atoms with Crippen LogP contribution in [0.2, 0.25) is 0 Å². The van der Waals surface area contributed by atoms with Crippen molar-refractivity contribution in [1.29, 1.82) is 0 Å². The number of ketones is 1. The molecule has 0 aliphatic rings. The molecular weight excluding hydrogens is 433 g/mol. The fourth-order valence-corrected chi connectivity index (χ4v) is 3.33. The lowest BCUT2D eigenvalue weighted by molar-refractivity contribution is -0.143. The van der Waals surface area contributed by atoms with E-state index in [-0.39, 0.29) is 15.9 Å². The number of halogens is 7. The molecule has 1 N–H and O–H groups in total. The lowest BCUT2D eigenvalue weighted by atomic mass is 9.95. The highest BCUT2D eigenvalue weighted by Gasteiger charge is 2.43. The number of H-pyrrole nitrogens is 1. The van der Waals surface area contributed by atoms with Gasteiger partial charge in [-0.05, 0) is 31.9 Å². The van der Waals surface area contributed by atoms with Gasteiger partial charge in [0.05, 0.1) is 0 Å². The van der Waals surface area contributed by atoms with Crippen LogP contribution in [0.4, 0.5) is 30.7 Å². The van der Waals surface area contributed by atoms with Crippen LogP contribution >= 0.6 is 0 Å². The van der Waals surface area contributed by atoms with E-state index in [1.54, 1.807) is 32.0 Å². The molecule has 0 saturated carbocycles. The Bertz CT molecular complexity index is 1240. The van der Waals surface area contributed by atoms with Crippen LogP contribution in [0.1, 0.15) is 38.3 Å². The van der Waals surface area contributed by atoms with Gasteiger partial charge in [0.1, 0.15) is 16.8 Å². The number of carbonyl (C=O) groups is 1. The Balaban J connectivity index is 2.30.